The molecule has 0 aromatic heterocycles. The number of ketones is 1. The van der Waals surface area contributed by atoms with Crippen LogP contribution in [0.25, 0.3) is 11.1 Å². The molecule has 0 heterocycles. The van der Waals surface area contributed by atoms with Gasteiger partial charge in [0.05, 0.1) is 0 Å². The van der Waals surface area contributed by atoms with Gasteiger partial charge in [0.15, 0.2) is 5.78 Å². The smallest absolute Gasteiger partial charge is 0.194 e. The van der Waals surface area contributed by atoms with Crippen molar-refractivity contribution in [2.75, 3.05) is 14.1 Å². The molecule has 0 fully saturated rings. The summed E-state index contributed by atoms with van der Waals surface area (Å²) in [6.07, 6.45) is 0. The van der Waals surface area contributed by atoms with E-state index in [9.17, 15) is 15.0 Å². The van der Waals surface area contributed by atoms with E-state index in [1.54, 1.807) is 32.0 Å². The van der Waals surface area contributed by atoms with Crippen LogP contribution in [0.15, 0.2) is 18.2 Å². The lowest BCUT2D eigenvalue weighted by molar-refractivity contribution is 0.104. The Hall–Kier alpha value is -2.33. The minimum Gasteiger partial charge on any atom is -0.507 e. The second kappa shape index (κ2) is 4.85. The van der Waals surface area contributed by atoms with Crippen LogP contribution in [0.2, 0.25) is 0 Å². The van der Waals surface area contributed by atoms with Gasteiger partial charge in [0.25, 0.3) is 0 Å². The fourth-order valence-corrected chi connectivity index (χ4v) is 3.16. The summed E-state index contributed by atoms with van der Waals surface area (Å²) in [6, 6.07) is 5.34. The summed E-state index contributed by atoms with van der Waals surface area (Å²) in [5, 5.41) is 20.7. The number of aryl methyl sites for hydroxylation is 1. The zero-order valence-electron chi connectivity index (χ0n) is 13.2. The number of hydrogen-bond donors (Lipinski definition) is 2. The van der Waals surface area contributed by atoms with Gasteiger partial charge in [-0.15, -0.1) is 0 Å². The first kappa shape index (κ1) is 14.6. The molecule has 1 aliphatic carbocycles. The lowest BCUT2D eigenvalue weighted by atomic mass is 9.96. The highest BCUT2D eigenvalue weighted by atomic mass is 16.3. The second-order valence-electron chi connectivity index (χ2n) is 6.15. The van der Waals surface area contributed by atoms with Gasteiger partial charge in [-0.05, 0) is 51.2 Å². The van der Waals surface area contributed by atoms with Crippen LogP contribution in [-0.4, -0.2) is 35.0 Å². The first-order valence-corrected chi connectivity index (χ1v) is 7.20. The minimum absolute atomic E-state index is 0.135. The normalized spacial score (nSPS) is 12.7. The van der Waals surface area contributed by atoms with Gasteiger partial charge in [0.2, 0.25) is 0 Å². The molecular formula is C18H19NO3. The lowest BCUT2D eigenvalue weighted by Gasteiger charge is -2.14. The monoisotopic (exact) mass is 297 g/mol. The molecule has 2 aromatic carbocycles. The molecule has 0 atom stereocenters. The molecular weight excluding hydrogens is 278 g/mol. The Morgan fingerprint density at radius 1 is 1.00 bits per heavy atom. The van der Waals surface area contributed by atoms with Crippen molar-refractivity contribution in [1.29, 1.82) is 0 Å². The van der Waals surface area contributed by atoms with E-state index in [1.165, 1.54) is 0 Å². The summed E-state index contributed by atoms with van der Waals surface area (Å²) < 4.78 is 0. The zero-order valence-corrected chi connectivity index (χ0v) is 13.2. The molecule has 0 aliphatic heterocycles. The molecule has 0 bridgehead atoms. The van der Waals surface area contributed by atoms with E-state index in [1.807, 2.05) is 19.0 Å². The predicted octanol–water partition coefficient (Wildman–Crippen LogP) is 2.99. The minimum atomic E-state index is -0.135. The topological polar surface area (TPSA) is 60.8 Å². The van der Waals surface area contributed by atoms with Crippen molar-refractivity contribution < 1.29 is 15.0 Å². The molecule has 0 saturated carbocycles. The molecule has 3 rings (SSSR count). The SMILES string of the molecule is Cc1cc2c(c(C)c1O)C(=O)c1ccc(CN(C)C)c(O)c1-2. The molecule has 0 radical (unpaired) electrons. The molecule has 1 aliphatic rings. The van der Waals surface area contributed by atoms with Gasteiger partial charge in [-0.3, -0.25) is 4.79 Å². The van der Waals surface area contributed by atoms with E-state index >= 15 is 0 Å². The van der Waals surface area contributed by atoms with Gasteiger partial charge in [0, 0.05) is 34.4 Å². The highest BCUT2D eigenvalue weighted by Gasteiger charge is 2.33. The summed E-state index contributed by atoms with van der Waals surface area (Å²) in [4.78, 5) is 14.6. The highest BCUT2D eigenvalue weighted by molar-refractivity contribution is 6.23. The lowest BCUT2D eigenvalue weighted by Crippen LogP contribution is -2.11. The number of nitrogens with zero attached hydrogens (tertiary/aromatic N) is 1. The summed E-state index contributed by atoms with van der Waals surface area (Å²) in [5.74, 6) is 0.167. The maximum absolute atomic E-state index is 12.6. The second-order valence-corrected chi connectivity index (χ2v) is 6.15. The summed E-state index contributed by atoms with van der Waals surface area (Å²) in [6.45, 7) is 4.13. The van der Waals surface area contributed by atoms with E-state index in [-0.39, 0.29) is 17.3 Å². The quantitative estimate of drug-likeness (QED) is 0.763. The van der Waals surface area contributed by atoms with Crippen molar-refractivity contribution in [3.05, 3.63) is 46.0 Å². The van der Waals surface area contributed by atoms with Gasteiger partial charge >= 0.3 is 0 Å². The van der Waals surface area contributed by atoms with Crippen LogP contribution in [0, 0.1) is 13.8 Å². The van der Waals surface area contributed by atoms with Crippen molar-refractivity contribution in [2.24, 2.45) is 0 Å². The van der Waals surface area contributed by atoms with Crippen molar-refractivity contribution in [3.63, 3.8) is 0 Å². The molecule has 4 nitrogen and oxygen atoms in total. The Kier molecular flexibility index (Phi) is 3.22. The number of hydrogen-bond acceptors (Lipinski definition) is 4. The fourth-order valence-electron chi connectivity index (χ4n) is 3.16. The number of phenolic OH excluding ortho intramolecular Hbond substituents is 2. The maximum Gasteiger partial charge on any atom is 0.194 e. The predicted molar refractivity (Wildman–Crippen MR) is 85.5 cm³/mol. The Bertz CT molecular complexity index is 807. The molecule has 22 heavy (non-hydrogen) atoms. The van der Waals surface area contributed by atoms with Crippen LogP contribution >= 0.6 is 0 Å². The molecule has 114 valence electrons. The van der Waals surface area contributed by atoms with E-state index in [0.717, 1.165) is 5.56 Å². The number of fused-ring (bicyclic) bond motifs is 3. The number of aromatic hydroxyl groups is 2. The van der Waals surface area contributed by atoms with Crippen LogP contribution < -0.4 is 0 Å². The van der Waals surface area contributed by atoms with Gasteiger partial charge < -0.3 is 15.1 Å². The molecule has 0 saturated heterocycles. The third kappa shape index (κ3) is 1.91. The van der Waals surface area contributed by atoms with Gasteiger partial charge in [-0.2, -0.15) is 0 Å². The molecule has 4 heteroatoms. The fraction of sp³-hybridized carbons (Fsp3) is 0.278. The van der Waals surface area contributed by atoms with Gasteiger partial charge in [0.1, 0.15) is 11.5 Å². The number of benzene rings is 2. The molecule has 0 amide bonds. The van der Waals surface area contributed by atoms with E-state index in [2.05, 4.69) is 0 Å². The molecule has 2 aromatic rings. The van der Waals surface area contributed by atoms with Crippen molar-refractivity contribution >= 4 is 5.78 Å². The summed E-state index contributed by atoms with van der Waals surface area (Å²) in [7, 11) is 3.86. The van der Waals surface area contributed by atoms with Crippen molar-refractivity contribution in [1.82, 2.24) is 4.90 Å². The Morgan fingerprint density at radius 3 is 2.32 bits per heavy atom. The number of carbonyl (C=O) groups is 1. The number of carbonyl (C=O) groups excluding carboxylic acids is 1. The maximum atomic E-state index is 12.6. The molecule has 0 unspecified atom stereocenters. The standard InChI is InChI=1S/C18H19NO3/c1-9-7-13-14(10(2)16(9)20)18(22)12-6-5-11(8-19(3)4)17(21)15(12)13/h5-7,20-21H,8H2,1-4H3. The first-order chi connectivity index (χ1) is 10.3. The van der Waals surface area contributed by atoms with E-state index < -0.39 is 0 Å². The number of rotatable bonds is 2. The number of phenols is 2. The Labute approximate surface area is 129 Å². The average molecular weight is 297 g/mol. The van der Waals surface area contributed by atoms with Crippen molar-refractivity contribution in [3.8, 4) is 22.6 Å². The van der Waals surface area contributed by atoms with Crippen LogP contribution in [0.5, 0.6) is 11.5 Å². The summed E-state index contributed by atoms with van der Waals surface area (Å²) >= 11 is 0. The van der Waals surface area contributed by atoms with Crippen molar-refractivity contribution in [2.45, 2.75) is 20.4 Å². The van der Waals surface area contributed by atoms with E-state index in [4.69, 9.17) is 0 Å². The third-order valence-corrected chi connectivity index (χ3v) is 4.22. The molecule has 2 N–H and O–H groups in total. The zero-order chi connectivity index (χ0) is 16.2. The molecule has 0 spiro atoms. The largest absolute Gasteiger partial charge is 0.507 e. The van der Waals surface area contributed by atoms with Gasteiger partial charge in [-0.25, -0.2) is 0 Å². The highest BCUT2D eigenvalue weighted by Crippen LogP contribution is 2.47. The average Bonchev–Trinajstić information content (AvgIpc) is 2.72. The van der Waals surface area contributed by atoms with E-state index in [0.29, 0.717) is 39.9 Å². The van der Waals surface area contributed by atoms with Crippen LogP contribution in [0.1, 0.15) is 32.6 Å². The third-order valence-electron chi connectivity index (χ3n) is 4.22. The van der Waals surface area contributed by atoms with Crippen LogP contribution in [0.4, 0.5) is 0 Å². The van der Waals surface area contributed by atoms with Gasteiger partial charge in [-0.1, -0.05) is 6.07 Å². The Morgan fingerprint density at radius 2 is 1.68 bits per heavy atom. The Balaban J connectivity index is 2.31. The summed E-state index contributed by atoms with van der Waals surface area (Å²) in [5.41, 5.74) is 4.36. The van der Waals surface area contributed by atoms with Crippen LogP contribution in [0.3, 0.4) is 0 Å². The van der Waals surface area contributed by atoms with Crippen LogP contribution in [-0.2, 0) is 6.54 Å². The first-order valence-electron chi connectivity index (χ1n) is 7.20.